The number of carbonyl (C=O) groups is 2. The lowest BCUT2D eigenvalue weighted by atomic mass is 10.2. The molecule has 3 aromatic carbocycles. The zero-order valence-corrected chi connectivity index (χ0v) is 20.8. The SMILES string of the molecule is O=C(Nc1ccc(Cl)cc1)C1CC(=O)N(Cc2ccc(Cl)cc2)C(=Nc2cccc(C(F)(F)F)c2)S1. The van der Waals surface area contributed by atoms with Crippen molar-refractivity contribution in [2.45, 2.75) is 24.4 Å². The van der Waals surface area contributed by atoms with Crippen molar-refractivity contribution in [3.05, 3.63) is 94.0 Å². The molecule has 1 fully saturated rings. The van der Waals surface area contributed by atoms with Gasteiger partial charge in [0.2, 0.25) is 11.8 Å². The van der Waals surface area contributed by atoms with Gasteiger partial charge in [0.1, 0.15) is 5.25 Å². The minimum atomic E-state index is -4.55. The number of nitrogens with zero attached hydrogens (tertiary/aromatic N) is 2. The summed E-state index contributed by atoms with van der Waals surface area (Å²) in [5.41, 5.74) is 0.393. The molecule has 0 aromatic heterocycles. The Balaban J connectivity index is 1.64. The molecule has 11 heteroatoms. The van der Waals surface area contributed by atoms with E-state index in [1.807, 2.05) is 0 Å². The first-order valence-corrected chi connectivity index (χ1v) is 12.3. The van der Waals surface area contributed by atoms with Crippen LogP contribution in [-0.4, -0.2) is 27.1 Å². The van der Waals surface area contributed by atoms with Gasteiger partial charge in [0, 0.05) is 22.2 Å². The van der Waals surface area contributed by atoms with E-state index in [0.29, 0.717) is 15.7 Å². The molecule has 1 aliphatic heterocycles. The van der Waals surface area contributed by atoms with Gasteiger partial charge in [-0.25, -0.2) is 4.99 Å². The summed E-state index contributed by atoms with van der Waals surface area (Å²) in [4.78, 5) is 31.8. The molecule has 1 aliphatic rings. The molecule has 1 saturated heterocycles. The number of anilines is 1. The summed E-state index contributed by atoms with van der Waals surface area (Å²) in [6.45, 7) is 0.117. The Hall–Kier alpha value is -3.01. The highest BCUT2D eigenvalue weighted by Gasteiger charge is 2.36. The van der Waals surface area contributed by atoms with E-state index in [1.54, 1.807) is 48.5 Å². The maximum Gasteiger partial charge on any atom is 0.416 e. The average Bonchev–Trinajstić information content (AvgIpc) is 2.83. The number of rotatable bonds is 5. The van der Waals surface area contributed by atoms with E-state index in [4.69, 9.17) is 23.2 Å². The summed E-state index contributed by atoms with van der Waals surface area (Å²) in [7, 11) is 0. The molecule has 1 N–H and O–H groups in total. The van der Waals surface area contributed by atoms with E-state index in [9.17, 15) is 22.8 Å². The Morgan fingerprint density at radius 3 is 2.31 bits per heavy atom. The standard InChI is InChI=1S/C25H18Cl2F3N3O2S/c26-17-6-4-15(5-7-17)14-33-22(34)13-21(23(35)31-19-10-8-18(27)9-11-19)36-24(33)32-20-3-1-2-16(12-20)25(28,29)30/h1-12,21H,13-14H2,(H,31,35). The monoisotopic (exact) mass is 551 g/mol. The Morgan fingerprint density at radius 2 is 1.67 bits per heavy atom. The van der Waals surface area contributed by atoms with Crippen LogP contribution in [0.5, 0.6) is 0 Å². The van der Waals surface area contributed by atoms with E-state index >= 15 is 0 Å². The van der Waals surface area contributed by atoms with Crippen molar-refractivity contribution in [2.75, 3.05) is 5.32 Å². The van der Waals surface area contributed by atoms with E-state index in [-0.39, 0.29) is 29.7 Å². The van der Waals surface area contributed by atoms with Gasteiger partial charge < -0.3 is 5.32 Å². The number of aliphatic imine (C=N–C) groups is 1. The number of hydrogen-bond acceptors (Lipinski definition) is 4. The normalized spacial score (nSPS) is 17.4. The molecule has 0 saturated carbocycles. The van der Waals surface area contributed by atoms with Gasteiger partial charge in [-0.1, -0.05) is 53.2 Å². The molecule has 5 nitrogen and oxygen atoms in total. The van der Waals surface area contributed by atoms with Crippen LogP contribution < -0.4 is 5.32 Å². The van der Waals surface area contributed by atoms with Crippen LogP contribution in [0.15, 0.2) is 77.8 Å². The molecule has 186 valence electrons. The minimum Gasteiger partial charge on any atom is -0.325 e. The first kappa shape index (κ1) is 26.1. The first-order valence-electron chi connectivity index (χ1n) is 10.6. The Morgan fingerprint density at radius 1 is 1.03 bits per heavy atom. The van der Waals surface area contributed by atoms with Crippen molar-refractivity contribution in [1.82, 2.24) is 4.90 Å². The fraction of sp³-hybridized carbons (Fsp3) is 0.160. The lowest BCUT2D eigenvalue weighted by Crippen LogP contribution is -2.44. The van der Waals surface area contributed by atoms with Crippen molar-refractivity contribution in [3.8, 4) is 0 Å². The number of nitrogens with one attached hydrogen (secondary N) is 1. The van der Waals surface area contributed by atoms with Crippen molar-refractivity contribution in [3.63, 3.8) is 0 Å². The maximum absolute atomic E-state index is 13.2. The van der Waals surface area contributed by atoms with Crippen LogP contribution in [0.25, 0.3) is 0 Å². The summed E-state index contributed by atoms with van der Waals surface area (Å²) in [6, 6.07) is 17.8. The zero-order chi connectivity index (χ0) is 25.9. The molecule has 3 aromatic rings. The van der Waals surface area contributed by atoms with E-state index in [0.717, 1.165) is 29.5 Å². The van der Waals surface area contributed by atoms with Gasteiger partial charge >= 0.3 is 6.18 Å². The summed E-state index contributed by atoms with van der Waals surface area (Å²) in [5, 5.41) is 3.05. The van der Waals surface area contributed by atoms with Gasteiger partial charge in [0.15, 0.2) is 5.17 Å². The van der Waals surface area contributed by atoms with Crippen LogP contribution >= 0.6 is 35.0 Å². The third-order valence-corrected chi connectivity index (χ3v) is 6.89. The molecular weight excluding hydrogens is 534 g/mol. The van der Waals surface area contributed by atoms with Gasteiger partial charge in [-0.3, -0.25) is 14.5 Å². The van der Waals surface area contributed by atoms with Gasteiger partial charge in [0.25, 0.3) is 0 Å². The molecule has 0 aliphatic carbocycles. The highest BCUT2D eigenvalue weighted by Crippen LogP contribution is 2.34. The molecule has 4 rings (SSSR count). The fourth-order valence-corrected chi connectivity index (χ4v) is 4.74. The molecule has 0 spiro atoms. The highest BCUT2D eigenvalue weighted by atomic mass is 35.5. The second kappa shape index (κ2) is 10.9. The smallest absolute Gasteiger partial charge is 0.325 e. The maximum atomic E-state index is 13.2. The summed E-state index contributed by atoms with van der Waals surface area (Å²) in [5.74, 6) is -0.816. The number of alkyl halides is 3. The molecule has 1 heterocycles. The molecule has 2 amide bonds. The van der Waals surface area contributed by atoms with Crippen molar-refractivity contribution < 1.29 is 22.8 Å². The number of amidine groups is 1. The van der Waals surface area contributed by atoms with Crippen molar-refractivity contribution in [1.29, 1.82) is 0 Å². The third kappa shape index (κ3) is 6.60. The number of benzene rings is 3. The van der Waals surface area contributed by atoms with Gasteiger partial charge in [-0.05, 0) is 60.2 Å². The number of hydrogen-bond donors (Lipinski definition) is 1. The molecule has 0 radical (unpaired) electrons. The first-order chi connectivity index (χ1) is 17.1. The fourth-order valence-electron chi connectivity index (χ4n) is 3.39. The minimum absolute atomic E-state index is 0.0139. The molecule has 1 unspecified atom stereocenters. The van der Waals surface area contributed by atoms with Gasteiger partial charge in [-0.15, -0.1) is 0 Å². The Kier molecular flexibility index (Phi) is 7.92. The number of halogens is 5. The van der Waals surface area contributed by atoms with Crippen LogP contribution in [0.3, 0.4) is 0 Å². The number of thioether (sulfide) groups is 1. The lowest BCUT2D eigenvalue weighted by Gasteiger charge is -2.32. The van der Waals surface area contributed by atoms with Crippen LogP contribution in [0.1, 0.15) is 17.5 Å². The predicted octanol–water partition coefficient (Wildman–Crippen LogP) is 7.17. The van der Waals surface area contributed by atoms with Crippen molar-refractivity contribution >= 4 is 63.3 Å². The Labute approximate surface area is 219 Å². The molecule has 0 bridgehead atoms. The number of amides is 2. The van der Waals surface area contributed by atoms with E-state index < -0.39 is 22.9 Å². The summed E-state index contributed by atoms with van der Waals surface area (Å²) < 4.78 is 39.6. The van der Waals surface area contributed by atoms with Crippen LogP contribution in [0.4, 0.5) is 24.5 Å². The summed E-state index contributed by atoms with van der Waals surface area (Å²) >= 11 is 12.8. The zero-order valence-electron chi connectivity index (χ0n) is 18.4. The molecular formula is C25H18Cl2F3N3O2S. The van der Waals surface area contributed by atoms with Crippen LogP contribution in [0.2, 0.25) is 10.0 Å². The summed E-state index contributed by atoms with van der Waals surface area (Å²) in [6.07, 6.45) is -4.66. The third-order valence-electron chi connectivity index (χ3n) is 5.20. The number of carbonyl (C=O) groups excluding carboxylic acids is 2. The van der Waals surface area contributed by atoms with Crippen LogP contribution in [-0.2, 0) is 22.3 Å². The Bertz CT molecular complexity index is 1300. The quantitative estimate of drug-likeness (QED) is 0.365. The second-order valence-corrected chi connectivity index (χ2v) is 9.90. The largest absolute Gasteiger partial charge is 0.416 e. The average molecular weight is 552 g/mol. The van der Waals surface area contributed by atoms with E-state index in [1.165, 1.54) is 17.0 Å². The van der Waals surface area contributed by atoms with Crippen molar-refractivity contribution in [2.24, 2.45) is 4.99 Å². The molecule has 36 heavy (non-hydrogen) atoms. The topological polar surface area (TPSA) is 61.8 Å². The second-order valence-electron chi connectivity index (χ2n) is 7.86. The molecule has 1 atom stereocenters. The van der Waals surface area contributed by atoms with E-state index in [2.05, 4.69) is 10.3 Å². The predicted molar refractivity (Wildman–Crippen MR) is 137 cm³/mol. The van der Waals surface area contributed by atoms with Gasteiger partial charge in [-0.2, -0.15) is 13.2 Å². The lowest BCUT2D eigenvalue weighted by molar-refractivity contribution is -0.137. The van der Waals surface area contributed by atoms with Gasteiger partial charge in [0.05, 0.1) is 17.8 Å². The van der Waals surface area contributed by atoms with Crippen LogP contribution in [0, 0.1) is 0 Å². The highest BCUT2D eigenvalue weighted by molar-refractivity contribution is 8.15.